The van der Waals surface area contributed by atoms with E-state index in [1.165, 1.54) is 34.5 Å². The van der Waals surface area contributed by atoms with Crippen molar-refractivity contribution < 1.29 is 36.2 Å². The highest BCUT2D eigenvalue weighted by atomic mass is 32.2. The Bertz CT molecular complexity index is 1690. The van der Waals surface area contributed by atoms with Crippen LogP contribution in [-0.4, -0.2) is 88.7 Å². The van der Waals surface area contributed by atoms with Crippen molar-refractivity contribution in [3.05, 3.63) is 84.4 Å². The molecule has 0 aromatic heterocycles. The minimum absolute atomic E-state index is 0.0510. The molecule has 0 radical (unpaired) electrons. The Kier molecular flexibility index (Phi) is 12.4. The second kappa shape index (κ2) is 16.1. The quantitative estimate of drug-likeness (QED) is 0.333. The summed E-state index contributed by atoms with van der Waals surface area (Å²) in [6.07, 6.45) is 1.32. The Labute approximate surface area is 278 Å². The summed E-state index contributed by atoms with van der Waals surface area (Å²) in [4.78, 5) is 16.1. The highest BCUT2D eigenvalue weighted by Gasteiger charge is 2.32. The van der Waals surface area contributed by atoms with Gasteiger partial charge in [-0.25, -0.2) is 16.8 Å². The van der Waals surface area contributed by atoms with Crippen LogP contribution in [-0.2, 0) is 24.8 Å². The number of anilines is 1. The highest BCUT2D eigenvalue weighted by molar-refractivity contribution is 7.92. The number of likely N-dealkylation sites (N-methyl/N-ethyl adjacent to an activating group) is 1. The SMILES string of the molecule is C[C@@H]1CCCCO[C@@H](CN(C)S(=O)(=O)c2ccccc2)[C@H](C)CN([C@@H](C)CO)C(=O)c2cc(NS(=O)(=O)c3ccccc3)ccc2O1. The van der Waals surface area contributed by atoms with E-state index < -0.39 is 38.1 Å². The Morgan fingerprint density at radius 1 is 0.957 bits per heavy atom. The van der Waals surface area contributed by atoms with Crippen LogP contribution < -0.4 is 9.46 Å². The molecule has 0 unspecified atom stereocenters. The molecular formula is C34H45N3O8S2. The molecule has 0 fully saturated rings. The zero-order valence-electron chi connectivity index (χ0n) is 27.3. The Morgan fingerprint density at radius 2 is 1.60 bits per heavy atom. The second-order valence-corrected chi connectivity index (χ2v) is 15.8. The molecule has 11 nitrogen and oxygen atoms in total. The van der Waals surface area contributed by atoms with Crippen LogP contribution in [0.4, 0.5) is 5.69 Å². The first kappa shape index (κ1) is 36.3. The number of amides is 1. The third-order valence-electron chi connectivity index (χ3n) is 8.25. The number of ether oxygens (including phenoxy) is 2. The molecule has 1 amide bonds. The number of aliphatic hydroxyl groups excluding tert-OH is 1. The lowest BCUT2D eigenvalue weighted by atomic mass is 10.0. The van der Waals surface area contributed by atoms with Gasteiger partial charge in [-0.15, -0.1) is 0 Å². The minimum Gasteiger partial charge on any atom is -0.490 e. The van der Waals surface area contributed by atoms with Gasteiger partial charge in [0.25, 0.3) is 15.9 Å². The van der Waals surface area contributed by atoms with Crippen molar-refractivity contribution in [3.63, 3.8) is 0 Å². The van der Waals surface area contributed by atoms with Crippen LogP contribution in [0, 0.1) is 5.92 Å². The zero-order valence-corrected chi connectivity index (χ0v) is 28.9. The largest absolute Gasteiger partial charge is 0.490 e. The lowest BCUT2D eigenvalue weighted by Gasteiger charge is -2.35. The summed E-state index contributed by atoms with van der Waals surface area (Å²) < 4.78 is 69.2. The third kappa shape index (κ3) is 9.32. The maximum Gasteiger partial charge on any atom is 0.261 e. The van der Waals surface area contributed by atoms with Gasteiger partial charge in [-0.1, -0.05) is 43.3 Å². The molecule has 256 valence electrons. The van der Waals surface area contributed by atoms with E-state index in [4.69, 9.17) is 9.47 Å². The van der Waals surface area contributed by atoms with Gasteiger partial charge in [-0.2, -0.15) is 4.31 Å². The predicted octanol–water partition coefficient (Wildman–Crippen LogP) is 4.60. The van der Waals surface area contributed by atoms with Crippen molar-refractivity contribution in [1.29, 1.82) is 0 Å². The van der Waals surface area contributed by atoms with E-state index in [2.05, 4.69) is 4.72 Å². The molecule has 3 aromatic carbocycles. The highest BCUT2D eigenvalue weighted by Crippen LogP contribution is 2.30. The molecule has 2 N–H and O–H groups in total. The van der Waals surface area contributed by atoms with E-state index in [-0.39, 0.29) is 52.8 Å². The number of aliphatic hydroxyl groups is 1. The number of nitrogens with one attached hydrogen (secondary N) is 1. The van der Waals surface area contributed by atoms with Gasteiger partial charge >= 0.3 is 0 Å². The van der Waals surface area contributed by atoms with Crippen molar-refractivity contribution in [2.45, 2.75) is 68.1 Å². The van der Waals surface area contributed by atoms with Crippen LogP contribution in [0.3, 0.4) is 0 Å². The standard InChI is InChI=1S/C34H45N3O8S2/c1-25-22-37(26(2)24-38)34(39)31-21-28(35-46(40,41)29-14-7-5-8-15-29)18-19-32(31)45-27(3)13-11-12-20-44-33(25)23-36(4)47(42,43)30-16-9-6-10-17-30/h5-10,14-19,21,25-27,33,35,38H,11-13,20,22-24H2,1-4H3/t25-,26+,27-,33+/m1/s1. The first-order chi connectivity index (χ1) is 22.3. The zero-order chi connectivity index (χ0) is 34.2. The van der Waals surface area contributed by atoms with Crippen molar-refractivity contribution in [2.24, 2.45) is 5.92 Å². The van der Waals surface area contributed by atoms with Gasteiger partial charge in [0, 0.05) is 38.3 Å². The van der Waals surface area contributed by atoms with E-state index >= 15 is 0 Å². The number of sulfonamides is 2. The summed E-state index contributed by atoms with van der Waals surface area (Å²) in [5, 5.41) is 10.2. The molecule has 1 aliphatic rings. The molecule has 0 bridgehead atoms. The van der Waals surface area contributed by atoms with Gasteiger partial charge < -0.3 is 19.5 Å². The molecular weight excluding hydrogens is 643 g/mol. The van der Waals surface area contributed by atoms with Gasteiger partial charge in [0.05, 0.1) is 40.2 Å². The lowest BCUT2D eigenvalue weighted by molar-refractivity contribution is -0.00833. The van der Waals surface area contributed by atoms with E-state index in [0.29, 0.717) is 18.8 Å². The molecule has 0 saturated carbocycles. The molecule has 1 aliphatic heterocycles. The number of nitrogens with zero attached hydrogens (tertiary/aromatic N) is 2. The molecule has 13 heteroatoms. The Balaban J connectivity index is 1.68. The summed E-state index contributed by atoms with van der Waals surface area (Å²) in [5.74, 6) is -0.527. The van der Waals surface area contributed by atoms with Crippen LogP contribution in [0.5, 0.6) is 5.75 Å². The number of fused-ring (bicyclic) bond motifs is 1. The molecule has 47 heavy (non-hydrogen) atoms. The molecule has 0 saturated heterocycles. The Hall–Kier alpha value is -3.49. The smallest absolute Gasteiger partial charge is 0.261 e. The first-order valence-electron chi connectivity index (χ1n) is 15.8. The van der Waals surface area contributed by atoms with E-state index in [1.54, 1.807) is 67.6 Å². The third-order valence-corrected chi connectivity index (χ3v) is 11.5. The van der Waals surface area contributed by atoms with Crippen molar-refractivity contribution in [1.82, 2.24) is 9.21 Å². The number of carbonyl (C=O) groups excluding carboxylic acids is 1. The lowest BCUT2D eigenvalue weighted by Crippen LogP contribution is -2.48. The number of hydrogen-bond acceptors (Lipinski definition) is 8. The summed E-state index contributed by atoms with van der Waals surface area (Å²) in [6, 6.07) is 20.1. The monoisotopic (exact) mass is 687 g/mol. The normalized spacial score (nSPS) is 20.9. The number of rotatable bonds is 9. The fourth-order valence-electron chi connectivity index (χ4n) is 5.39. The van der Waals surface area contributed by atoms with E-state index in [9.17, 15) is 26.7 Å². The predicted molar refractivity (Wildman–Crippen MR) is 180 cm³/mol. The van der Waals surface area contributed by atoms with Gasteiger partial charge in [0.2, 0.25) is 10.0 Å². The summed E-state index contributed by atoms with van der Waals surface area (Å²) in [6.45, 7) is 5.73. The molecule has 0 spiro atoms. The van der Waals surface area contributed by atoms with E-state index in [1.807, 2.05) is 13.8 Å². The fourth-order valence-corrected chi connectivity index (χ4v) is 7.66. The number of benzene rings is 3. The van der Waals surface area contributed by atoms with Crippen molar-refractivity contribution >= 4 is 31.6 Å². The summed E-state index contributed by atoms with van der Waals surface area (Å²) in [7, 11) is -6.22. The van der Waals surface area contributed by atoms with Crippen LogP contribution >= 0.6 is 0 Å². The minimum atomic E-state index is -3.94. The number of hydrogen-bond donors (Lipinski definition) is 2. The maximum atomic E-state index is 14.3. The van der Waals surface area contributed by atoms with Gasteiger partial charge in [0.1, 0.15) is 5.75 Å². The number of carbonyl (C=O) groups is 1. The van der Waals surface area contributed by atoms with Crippen LogP contribution in [0.15, 0.2) is 88.7 Å². The summed E-state index contributed by atoms with van der Waals surface area (Å²) >= 11 is 0. The van der Waals surface area contributed by atoms with E-state index in [0.717, 1.165) is 12.8 Å². The van der Waals surface area contributed by atoms with Gasteiger partial charge in [0.15, 0.2) is 0 Å². The molecule has 4 rings (SSSR count). The average Bonchev–Trinajstić information content (AvgIpc) is 3.06. The summed E-state index contributed by atoms with van der Waals surface area (Å²) in [5.41, 5.74) is 0.313. The first-order valence-corrected chi connectivity index (χ1v) is 18.7. The fraction of sp³-hybridized carbons (Fsp3) is 0.441. The van der Waals surface area contributed by atoms with Crippen LogP contribution in [0.2, 0.25) is 0 Å². The van der Waals surface area contributed by atoms with Crippen molar-refractivity contribution in [3.8, 4) is 5.75 Å². The Morgan fingerprint density at radius 3 is 2.23 bits per heavy atom. The van der Waals surface area contributed by atoms with Crippen LogP contribution in [0.25, 0.3) is 0 Å². The average molecular weight is 688 g/mol. The van der Waals surface area contributed by atoms with Gasteiger partial charge in [-0.3, -0.25) is 9.52 Å². The second-order valence-electron chi connectivity index (χ2n) is 12.0. The maximum absolute atomic E-state index is 14.3. The topological polar surface area (TPSA) is 143 Å². The molecule has 4 atom stereocenters. The van der Waals surface area contributed by atoms with Crippen molar-refractivity contribution in [2.75, 3.05) is 38.1 Å². The van der Waals surface area contributed by atoms with Gasteiger partial charge in [-0.05, 0) is 75.6 Å². The molecule has 0 aliphatic carbocycles. The molecule has 3 aromatic rings. The van der Waals surface area contributed by atoms with Crippen LogP contribution in [0.1, 0.15) is 50.4 Å². The molecule has 1 heterocycles.